The Balaban J connectivity index is 1.36. The molecule has 2 atom stereocenters. The summed E-state index contributed by atoms with van der Waals surface area (Å²) in [5.41, 5.74) is 1.94. The van der Waals surface area contributed by atoms with E-state index in [2.05, 4.69) is 25.6 Å². The Morgan fingerprint density at radius 1 is 1.09 bits per heavy atom. The number of halogens is 3. The largest absolute Gasteiger partial charge is 0.433 e. The molecule has 1 aromatic carbocycles. The molecule has 3 aromatic heterocycles. The van der Waals surface area contributed by atoms with Gasteiger partial charge in [0.25, 0.3) is 5.91 Å². The number of carbonyl (C=O) groups is 1. The number of alkyl halides is 3. The van der Waals surface area contributed by atoms with Gasteiger partial charge in [0.1, 0.15) is 11.3 Å². The zero-order chi connectivity index (χ0) is 23.9. The summed E-state index contributed by atoms with van der Waals surface area (Å²) in [5, 5.41) is 7.84. The van der Waals surface area contributed by atoms with E-state index < -0.39 is 11.9 Å². The number of fused-ring (bicyclic) bond motifs is 2. The van der Waals surface area contributed by atoms with E-state index in [9.17, 15) is 18.0 Å². The smallest absolute Gasteiger partial charge is 0.382 e. The van der Waals surface area contributed by atoms with Gasteiger partial charge in [-0.15, -0.1) is 0 Å². The van der Waals surface area contributed by atoms with Crippen LogP contribution < -0.4 is 10.6 Å². The Bertz CT molecular complexity index is 1360. The average molecular weight is 467 g/mol. The molecule has 3 heterocycles. The van der Waals surface area contributed by atoms with E-state index in [1.807, 2.05) is 19.1 Å². The lowest BCUT2D eigenvalue weighted by atomic mass is 9.90. The summed E-state index contributed by atoms with van der Waals surface area (Å²) < 4.78 is 40.4. The van der Waals surface area contributed by atoms with E-state index >= 15 is 0 Å². The van der Waals surface area contributed by atoms with Gasteiger partial charge in [-0.3, -0.25) is 4.79 Å². The van der Waals surface area contributed by atoms with Crippen LogP contribution >= 0.6 is 0 Å². The van der Waals surface area contributed by atoms with Crippen LogP contribution in [0.2, 0.25) is 0 Å². The van der Waals surface area contributed by atoms with Crippen molar-refractivity contribution in [2.45, 2.75) is 50.9 Å². The van der Waals surface area contributed by atoms with Crippen LogP contribution in [0.1, 0.15) is 47.3 Å². The molecule has 176 valence electrons. The van der Waals surface area contributed by atoms with Gasteiger partial charge < -0.3 is 15.6 Å². The number of amides is 1. The predicted molar refractivity (Wildman–Crippen MR) is 125 cm³/mol. The van der Waals surface area contributed by atoms with E-state index in [0.29, 0.717) is 34.2 Å². The molecule has 0 aliphatic heterocycles. The first-order chi connectivity index (χ1) is 16.3. The zero-order valence-electron chi connectivity index (χ0n) is 18.5. The number of carbonyl (C=O) groups excluding carboxylic acids is 1. The monoisotopic (exact) mass is 467 g/mol. The number of pyridine rings is 2. The fourth-order valence-electron chi connectivity index (χ4n) is 4.70. The quantitative estimate of drug-likeness (QED) is 0.365. The number of H-pyrrole nitrogens is 1. The Kier molecular flexibility index (Phi) is 5.63. The van der Waals surface area contributed by atoms with Crippen LogP contribution in [0.4, 0.5) is 18.9 Å². The number of aromatic amines is 1. The standard InChI is InChI=1S/C25H24F3N5O/c1-14-5-6-20-19(11-14)21(13-22(33-20)25(26,27)28)31-15-3-2-4-16(12-15)32-24(34)18-8-10-30-23-17(18)7-9-29-23/h5-11,13,15-16H,2-4,12H2,1H3,(H,29,30)(H,31,33)(H,32,34)/t15-,16+/m0/s1. The van der Waals surface area contributed by atoms with Gasteiger partial charge in [-0.1, -0.05) is 11.6 Å². The van der Waals surface area contributed by atoms with Gasteiger partial charge in [0.2, 0.25) is 0 Å². The molecule has 6 nitrogen and oxygen atoms in total. The van der Waals surface area contributed by atoms with Crippen LogP contribution in [0.25, 0.3) is 21.9 Å². The highest BCUT2D eigenvalue weighted by Gasteiger charge is 2.34. The molecular weight excluding hydrogens is 443 g/mol. The molecule has 3 N–H and O–H groups in total. The number of anilines is 1. The minimum absolute atomic E-state index is 0.0732. The van der Waals surface area contributed by atoms with Crippen molar-refractivity contribution >= 4 is 33.5 Å². The Labute approximate surface area is 194 Å². The number of hydrogen-bond donors (Lipinski definition) is 3. The molecule has 4 aromatic rings. The lowest BCUT2D eigenvalue weighted by Gasteiger charge is -2.31. The van der Waals surface area contributed by atoms with Gasteiger partial charge in [-0.05, 0) is 62.9 Å². The number of benzene rings is 1. The van der Waals surface area contributed by atoms with Crippen molar-refractivity contribution in [1.29, 1.82) is 0 Å². The minimum atomic E-state index is -4.54. The number of nitrogens with zero attached hydrogens (tertiary/aromatic N) is 2. The first-order valence-electron chi connectivity index (χ1n) is 11.3. The zero-order valence-corrected chi connectivity index (χ0v) is 18.5. The third-order valence-electron chi connectivity index (χ3n) is 6.33. The summed E-state index contributed by atoms with van der Waals surface area (Å²) in [4.78, 5) is 24.0. The Hall–Kier alpha value is -3.62. The molecule has 1 aliphatic carbocycles. The fraction of sp³-hybridized carbons (Fsp3) is 0.320. The number of aromatic nitrogens is 3. The lowest BCUT2D eigenvalue weighted by Crippen LogP contribution is -2.41. The van der Waals surface area contributed by atoms with Crippen LogP contribution in [0.15, 0.2) is 48.8 Å². The maximum Gasteiger partial charge on any atom is 0.433 e. The maximum absolute atomic E-state index is 13.5. The molecule has 1 amide bonds. The van der Waals surface area contributed by atoms with Crippen molar-refractivity contribution in [3.8, 4) is 0 Å². The topological polar surface area (TPSA) is 82.7 Å². The average Bonchev–Trinajstić information content (AvgIpc) is 3.28. The van der Waals surface area contributed by atoms with Crippen LogP contribution in [-0.2, 0) is 6.18 Å². The van der Waals surface area contributed by atoms with Crippen molar-refractivity contribution in [3.05, 3.63) is 65.6 Å². The van der Waals surface area contributed by atoms with Crippen molar-refractivity contribution in [1.82, 2.24) is 20.3 Å². The normalized spacial score (nSPS) is 18.8. The third-order valence-corrected chi connectivity index (χ3v) is 6.33. The summed E-state index contributed by atoms with van der Waals surface area (Å²) in [6.07, 6.45) is 1.89. The highest BCUT2D eigenvalue weighted by molar-refractivity contribution is 6.05. The second-order valence-electron chi connectivity index (χ2n) is 8.85. The highest BCUT2D eigenvalue weighted by Crippen LogP contribution is 2.35. The SMILES string of the molecule is Cc1ccc2nc(C(F)(F)F)cc(N[C@H]3CCC[C@@H](NC(=O)c4ccnc5[nH]ccc45)C3)c2c1. The second-order valence-corrected chi connectivity index (χ2v) is 8.85. The number of nitrogens with one attached hydrogen (secondary N) is 3. The number of rotatable bonds is 4. The first-order valence-corrected chi connectivity index (χ1v) is 11.3. The number of aryl methyl sites for hydroxylation is 1. The van der Waals surface area contributed by atoms with E-state index in [1.54, 1.807) is 30.6 Å². The van der Waals surface area contributed by atoms with Crippen LogP contribution in [0.5, 0.6) is 0 Å². The molecule has 1 fully saturated rings. The molecule has 0 unspecified atom stereocenters. The van der Waals surface area contributed by atoms with Gasteiger partial charge in [0, 0.05) is 40.9 Å². The van der Waals surface area contributed by atoms with Crippen molar-refractivity contribution < 1.29 is 18.0 Å². The van der Waals surface area contributed by atoms with E-state index in [1.165, 1.54) is 0 Å². The molecule has 0 bridgehead atoms. The van der Waals surface area contributed by atoms with Gasteiger partial charge in [0.15, 0.2) is 0 Å². The van der Waals surface area contributed by atoms with Crippen LogP contribution in [0.3, 0.4) is 0 Å². The lowest BCUT2D eigenvalue weighted by molar-refractivity contribution is -0.140. The summed E-state index contributed by atoms with van der Waals surface area (Å²) in [7, 11) is 0. The molecule has 0 saturated heterocycles. The van der Waals surface area contributed by atoms with Gasteiger partial charge in [-0.25, -0.2) is 9.97 Å². The molecule has 1 aliphatic rings. The van der Waals surface area contributed by atoms with E-state index in [4.69, 9.17) is 0 Å². The molecule has 9 heteroatoms. The van der Waals surface area contributed by atoms with Crippen molar-refractivity contribution in [2.24, 2.45) is 0 Å². The number of hydrogen-bond acceptors (Lipinski definition) is 4. The summed E-state index contributed by atoms with van der Waals surface area (Å²) in [6.45, 7) is 1.90. The van der Waals surface area contributed by atoms with Crippen LogP contribution in [-0.4, -0.2) is 32.9 Å². The van der Waals surface area contributed by atoms with Crippen LogP contribution in [0, 0.1) is 6.92 Å². The minimum Gasteiger partial charge on any atom is -0.382 e. The van der Waals surface area contributed by atoms with Gasteiger partial charge in [-0.2, -0.15) is 13.2 Å². The second kappa shape index (κ2) is 8.62. The fourth-order valence-corrected chi connectivity index (χ4v) is 4.70. The Morgan fingerprint density at radius 3 is 2.74 bits per heavy atom. The summed E-state index contributed by atoms with van der Waals surface area (Å²) in [5.74, 6) is -0.179. The molecule has 0 spiro atoms. The van der Waals surface area contributed by atoms with Crippen molar-refractivity contribution in [2.75, 3.05) is 5.32 Å². The molecule has 5 rings (SSSR count). The van der Waals surface area contributed by atoms with E-state index in [0.717, 1.165) is 36.3 Å². The summed E-state index contributed by atoms with van der Waals surface area (Å²) >= 11 is 0. The van der Waals surface area contributed by atoms with Gasteiger partial charge >= 0.3 is 6.18 Å². The maximum atomic E-state index is 13.5. The molecule has 34 heavy (non-hydrogen) atoms. The highest BCUT2D eigenvalue weighted by atomic mass is 19.4. The predicted octanol–water partition coefficient (Wildman–Crippen LogP) is 5.59. The van der Waals surface area contributed by atoms with Gasteiger partial charge in [0.05, 0.1) is 11.1 Å². The van der Waals surface area contributed by atoms with E-state index in [-0.39, 0.29) is 18.0 Å². The Morgan fingerprint density at radius 2 is 1.91 bits per heavy atom. The third kappa shape index (κ3) is 4.42. The molecule has 0 radical (unpaired) electrons. The first kappa shape index (κ1) is 22.2. The molecular formula is C25H24F3N5O. The molecule has 1 saturated carbocycles. The summed E-state index contributed by atoms with van der Waals surface area (Å²) in [6, 6.07) is 9.65. The van der Waals surface area contributed by atoms with Crippen molar-refractivity contribution in [3.63, 3.8) is 0 Å².